The second-order valence-electron chi connectivity index (χ2n) is 7.72. The maximum Gasteiger partial charge on any atom is 0.346 e. The van der Waals surface area contributed by atoms with Crippen LogP contribution in [0.1, 0.15) is 58.8 Å². The second-order valence-corrected chi connectivity index (χ2v) is 7.72. The molecule has 0 fully saturated rings. The van der Waals surface area contributed by atoms with Gasteiger partial charge in [0.2, 0.25) is 0 Å². The number of nitriles is 1. The molecule has 0 aliphatic heterocycles. The number of carbonyl (C=O) groups excluding carboxylic acids is 1. The summed E-state index contributed by atoms with van der Waals surface area (Å²) in [5.41, 5.74) is 4.19. The number of rotatable bonds is 6. The number of esters is 1. The summed E-state index contributed by atoms with van der Waals surface area (Å²) in [6, 6.07) is 14.5. The Morgan fingerprint density at radius 1 is 1.06 bits per heavy atom. The van der Waals surface area contributed by atoms with Gasteiger partial charge in [-0.3, -0.25) is 0 Å². The smallest absolute Gasteiger partial charge is 0.346 e. The van der Waals surface area contributed by atoms with Gasteiger partial charge >= 0.3 is 5.97 Å². The quantitative estimate of drug-likeness (QED) is 0.208. The molecule has 4 rings (SSSR count). The molecular weight excluding hydrogens is 396 g/mol. The van der Waals surface area contributed by atoms with E-state index in [1.54, 1.807) is 12.1 Å². The van der Waals surface area contributed by atoms with Crippen LogP contribution in [0.25, 0.3) is 11.1 Å². The summed E-state index contributed by atoms with van der Waals surface area (Å²) in [5.74, 6) is -2.39. The van der Waals surface area contributed by atoms with E-state index in [0.29, 0.717) is 12.0 Å². The Balaban J connectivity index is 1.56. The zero-order valence-corrected chi connectivity index (χ0v) is 17.2. The minimum absolute atomic E-state index is 0.0820. The predicted octanol–water partition coefficient (Wildman–Crippen LogP) is 6.36. The van der Waals surface area contributed by atoms with Crippen LogP contribution >= 0.6 is 0 Å². The van der Waals surface area contributed by atoms with E-state index >= 15 is 4.39 Å². The zero-order valence-electron chi connectivity index (χ0n) is 17.2. The van der Waals surface area contributed by atoms with Crippen molar-refractivity contribution in [1.82, 2.24) is 0 Å². The molecule has 0 N–H and O–H groups in total. The Kier molecular flexibility index (Phi) is 5.81. The molecule has 5 heteroatoms. The van der Waals surface area contributed by atoms with E-state index in [2.05, 4.69) is 19.1 Å². The van der Waals surface area contributed by atoms with E-state index in [-0.39, 0.29) is 16.9 Å². The second kappa shape index (κ2) is 8.69. The SMILES string of the molecule is CCCCCc1ccc2c(c1)Cc1c-2ccc(C(=O)Oc2ccc(C#N)c(F)c2)c1F. The molecule has 0 aromatic heterocycles. The molecule has 1 aliphatic rings. The molecule has 3 nitrogen and oxygen atoms in total. The van der Waals surface area contributed by atoms with Crippen LogP contribution in [0.15, 0.2) is 48.5 Å². The third-order valence-corrected chi connectivity index (χ3v) is 5.63. The van der Waals surface area contributed by atoms with Crippen molar-refractivity contribution >= 4 is 5.97 Å². The molecule has 0 bridgehead atoms. The predicted molar refractivity (Wildman–Crippen MR) is 114 cm³/mol. The largest absolute Gasteiger partial charge is 0.423 e. The number of unbranched alkanes of at least 4 members (excludes halogenated alkanes) is 2. The lowest BCUT2D eigenvalue weighted by atomic mass is 10.00. The van der Waals surface area contributed by atoms with Crippen molar-refractivity contribution in [3.05, 3.63) is 88.0 Å². The van der Waals surface area contributed by atoms with Gasteiger partial charge in [0, 0.05) is 18.1 Å². The molecule has 0 radical (unpaired) electrons. The maximum atomic E-state index is 15.2. The summed E-state index contributed by atoms with van der Waals surface area (Å²) in [5, 5.41) is 8.79. The van der Waals surface area contributed by atoms with Crippen LogP contribution in [0.3, 0.4) is 0 Å². The van der Waals surface area contributed by atoms with Crippen molar-refractivity contribution in [2.24, 2.45) is 0 Å². The average molecular weight is 417 g/mol. The van der Waals surface area contributed by atoms with Gasteiger partial charge in [-0.2, -0.15) is 5.26 Å². The van der Waals surface area contributed by atoms with Gasteiger partial charge in [-0.25, -0.2) is 13.6 Å². The van der Waals surface area contributed by atoms with Crippen LogP contribution in [0, 0.1) is 23.0 Å². The number of benzene rings is 3. The van der Waals surface area contributed by atoms with Crippen LogP contribution in [-0.2, 0) is 12.8 Å². The summed E-state index contributed by atoms with van der Waals surface area (Å²) in [4.78, 5) is 12.5. The monoisotopic (exact) mass is 417 g/mol. The fraction of sp³-hybridized carbons (Fsp3) is 0.231. The van der Waals surface area contributed by atoms with Gasteiger partial charge in [0.05, 0.1) is 11.1 Å². The fourth-order valence-corrected chi connectivity index (χ4v) is 4.00. The van der Waals surface area contributed by atoms with E-state index in [9.17, 15) is 9.18 Å². The highest BCUT2D eigenvalue weighted by Crippen LogP contribution is 2.39. The summed E-state index contributed by atoms with van der Waals surface area (Å²) < 4.78 is 34.1. The lowest BCUT2D eigenvalue weighted by Gasteiger charge is -2.09. The number of carbonyl (C=O) groups is 1. The van der Waals surface area contributed by atoms with Gasteiger partial charge in [0.15, 0.2) is 0 Å². The molecule has 0 saturated heterocycles. The Morgan fingerprint density at radius 2 is 1.87 bits per heavy atom. The molecular formula is C26H21F2NO2. The molecule has 0 spiro atoms. The highest BCUT2D eigenvalue weighted by atomic mass is 19.1. The number of nitrogens with zero attached hydrogens (tertiary/aromatic N) is 1. The molecule has 0 unspecified atom stereocenters. The standard InChI is InChI=1S/C26H21F2NO2/c1-2-3-4-5-16-6-9-20-18(12-16)13-23-21(20)10-11-22(25(23)28)26(30)31-19-8-7-17(15-29)24(27)14-19/h6-12,14H,2-5,13H2,1H3. The normalized spacial score (nSPS) is 11.5. The van der Waals surface area contributed by atoms with E-state index in [4.69, 9.17) is 10.00 Å². The Hall–Kier alpha value is -3.52. The lowest BCUT2D eigenvalue weighted by molar-refractivity contribution is 0.0729. The number of hydrogen-bond acceptors (Lipinski definition) is 3. The summed E-state index contributed by atoms with van der Waals surface area (Å²) in [6.07, 6.45) is 4.89. The molecule has 0 atom stereocenters. The highest BCUT2D eigenvalue weighted by molar-refractivity contribution is 5.93. The number of aryl methyl sites for hydroxylation is 1. The van der Waals surface area contributed by atoms with Crippen molar-refractivity contribution in [3.8, 4) is 22.9 Å². The molecule has 156 valence electrons. The molecule has 3 aromatic carbocycles. The Bertz CT molecular complexity index is 1210. The average Bonchev–Trinajstić information content (AvgIpc) is 3.13. The van der Waals surface area contributed by atoms with Crippen LogP contribution < -0.4 is 4.74 Å². The molecule has 31 heavy (non-hydrogen) atoms. The number of halogens is 2. The van der Waals surface area contributed by atoms with E-state index in [0.717, 1.165) is 42.0 Å². The molecule has 0 heterocycles. The third-order valence-electron chi connectivity index (χ3n) is 5.63. The Morgan fingerprint density at radius 3 is 2.61 bits per heavy atom. The molecule has 1 aliphatic carbocycles. The topological polar surface area (TPSA) is 50.1 Å². The first kappa shape index (κ1) is 20.7. The van der Waals surface area contributed by atoms with Crippen molar-refractivity contribution < 1.29 is 18.3 Å². The van der Waals surface area contributed by atoms with E-state index in [1.165, 1.54) is 30.2 Å². The van der Waals surface area contributed by atoms with Crippen LogP contribution in [-0.4, -0.2) is 5.97 Å². The summed E-state index contributed by atoms with van der Waals surface area (Å²) in [6.45, 7) is 2.17. The first-order valence-corrected chi connectivity index (χ1v) is 10.4. The van der Waals surface area contributed by atoms with Gasteiger partial charge in [-0.05, 0) is 53.3 Å². The minimum atomic E-state index is -0.902. The number of ether oxygens (including phenoxy) is 1. The van der Waals surface area contributed by atoms with E-state index < -0.39 is 17.6 Å². The van der Waals surface area contributed by atoms with E-state index in [1.807, 2.05) is 6.07 Å². The van der Waals surface area contributed by atoms with Crippen LogP contribution in [0.5, 0.6) is 5.75 Å². The van der Waals surface area contributed by atoms with Gasteiger partial charge in [0.1, 0.15) is 23.5 Å². The number of hydrogen-bond donors (Lipinski definition) is 0. The molecule has 0 saturated carbocycles. The van der Waals surface area contributed by atoms with Crippen molar-refractivity contribution in [2.45, 2.75) is 39.0 Å². The minimum Gasteiger partial charge on any atom is -0.423 e. The third kappa shape index (κ3) is 4.06. The molecule has 3 aromatic rings. The lowest BCUT2D eigenvalue weighted by Crippen LogP contribution is -2.12. The van der Waals surface area contributed by atoms with Crippen molar-refractivity contribution in [3.63, 3.8) is 0 Å². The van der Waals surface area contributed by atoms with Crippen LogP contribution in [0.4, 0.5) is 8.78 Å². The van der Waals surface area contributed by atoms with Gasteiger partial charge < -0.3 is 4.74 Å². The van der Waals surface area contributed by atoms with Gasteiger partial charge in [-0.15, -0.1) is 0 Å². The molecule has 0 amide bonds. The fourth-order valence-electron chi connectivity index (χ4n) is 4.00. The summed E-state index contributed by atoms with van der Waals surface area (Å²) >= 11 is 0. The summed E-state index contributed by atoms with van der Waals surface area (Å²) in [7, 11) is 0. The highest BCUT2D eigenvalue weighted by Gasteiger charge is 2.26. The maximum absolute atomic E-state index is 15.2. The van der Waals surface area contributed by atoms with Gasteiger partial charge in [-0.1, -0.05) is 44.0 Å². The Labute approximate surface area is 179 Å². The van der Waals surface area contributed by atoms with Crippen LogP contribution in [0.2, 0.25) is 0 Å². The van der Waals surface area contributed by atoms with Crippen molar-refractivity contribution in [2.75, 3.05) is 0 Å². The van der Waals surface area contributed by atoms with Gasteiger partial charge in [0.25, 0.3) is 0 Å². The van der Waals surface area contributed by atoms with Crippen molar-refractivity contribution in [1.29, 1.82) is 5.26 Å². The number of fused-ring (bicyclic) bond motifs is 3. The first-order chi connectivity index (χ1) is 15.0. The zero-order chi connectivity index (χ0) is 22.0. The first-order valence-electron chi connectivity index (χ1n) is 10.4.